The van der Waals surface area contributed by atoms with Gasteiger partial charge in [-0.05, 0) is 18.6 Å². The maximum absolute atomic E-state index is 14.0. The zero-order valence-corrected chi connectivity index (χ0v) is 13.0. The number of alkyl halides is 2. The fourth-order valence-electron chi connectivity index (χ4n) is 2.38. The van der Waals surface area contributed by atoms with E-state index in [0.717, 1.165) is 6.07 Å². The molecule has 0 aromatic heterocycles. The molecular formula is C13H18Cl2F4N2. The lowest BCUT2D eigenvalue weighted by atomic mass is 10.0. The minimum absolute atomic E-state index is 0. The fraction of sp³-hybridized carbons (Fsp3) is 0.538. The van der Waals surface area contributed by atoms with E-state index in [1.54, 1.807) is 0 Å². The number of nitrogens with zero attached hydrogens (tertiary/aromatic N) is 1. The van der Waals surface area contributed by atoms with Crippen LogP contribution in [0, 0.1) is 18.6 Å². The van der Waals surface area contributed by atoms with E-state index in [9.17, 15) is 17.6 Å². The molecule has 1 heterocycles. The van der Waals surface area contributed by atoms with E-state index in [2.05, 4.69) is 5.32 Å². The third-order valence-electron chi connectivity index (χ3n) is 3.40. The van der Waals surface area contributed by atoms with Gasteiger partial charge in [0.05, 0.1) is 0 Å². The highest BCUT2D eigenvalue weighted by molar-refractivity contribution is 5.85. The molecule has 1 aromatic rings. The van der Waals surface area contributed by atoms with E-state index < -0.39 is 29.7 Å². The Bertz CT molecular complexity index is 454. The molecule has 122 valence electrons. The van der Waals surface area contributed by atoms with Crippen LogP contribution in [0.2, 0.25) is 0 Å². The number of aryl methyl sites for hydroxylation is 1. The summed E-state index contributed by atoms with van der Waals surface area (Å²) >= 11 is 0. The van der Waals surface area contributed by atoms with Gasteiger partial charge in [-0.3, -0.25) is 4.90 Å². The first-order chi connectivity index (χ1) is 9.02. The number of piperazine rings is 1. The molecule has 1 atom stereocenters. The molecule has 2 nitrogen and oxygen atoms in total. The topological polar surface area (TPSA) is 15.3 Å². The number of halogens is 6. The van der Waals surface area contributed by atoms with Crippen molar-refractivity contribution in [1.29, 1.82) is 0 Å². The molecular weight excluding hydrogens is 331 g/mol. The lowest BCUT2D eigenvalue weighted by Gasteiger charge is -2.35. The average Bonchev–Trinajstić information content (AvgIpc) is 2.39. The Morgan fingerprint density at radius 2 is 1.67 bits per heavy atom. The quantitative estimate of drug-likeness (QED) is 0.843. The van der Waals surface area contributed by atoms with Gasteiger partial charge in [-0.2, -0.15) is 0 Å². The lowest BCUT2D eigenvalue weighted by molar-refractivity contribution is 0.0144. The van der Waals surface area contributed by atoms with Crippen LogP contribution in [0.25, 0.3) is 0 Å². The molecule has 1 saturated heterocycles. The van der Waals surface area contributed by atoms with Gasteiger partial charge in [-0.15, -0.1) is 24.8 Å². The van der Waals surface area contributed by atoms with E-state index in [1.807, 2.05) is 0 Å². The molecule has 21 heavy (non-hydrogen) atoms. The minimum Gasteiger partial charge on any atom is -0.314 e. The maximum Gasteiger partial charge on any atom is 0.258 e. The summed E-state index contributed by atoms with van der Waals surface area (Å²) in [5, 5.41) is 3.03. The first-order valence-electron chi connectivity index (χ1n) is 6.19. The molecule has 0 spiro atoms. The van der Waals surface area contributed by atoms with Crippen LogP contribution in [0.1, 0.15) is 17.2 Å². The highest BCUT2D eigenvalue weighted by atomic mass is 35.5. The first kappa shape index (κ1) is 20.4. The Balaban J connectivity index is 0.00000200. The first-order valence-corrected chi connectivity index (χ1v) is 6.19. The molecule has 0 aliphatic carbocycles. The van der Waals surface area contributed by atoms with Crippen LogP contribution < -0.4 is 5.32 Å². The standard InChI is InChI=1S/C13H16F4N2.2ClH/c1-8-2-3-9(14)10(11(8)15)12(13(16)17)19-6-4-18-5-7-19;;/h2-3,12-13,18H,4-7H2,1H3;2*1H/t12-;;/m0../s1. The van der Waals surface area contributed by atoms with Crippen molar-refractivity contribution in [2.24, 2.45) is 0 Å². The molecule has 2 rings (SSSR count). The number of nitrogens with one attached hydrogen (secondary N) is 1. The van der Waals surface area contributed by atoms with Crippen molar-refractivity contribution in [3.8, 4) is 0 Å². The summed E-state index contributed by atoms with van der Waals surface area (Å²) in [6.07, 6.45) is -2.83. The van der Waals surface area contributed by atoms with Gasteiger partial charge >= 0.3 is 0 Å². The van der Waals surface area contributed by atoms with E-state index in [1.165, 1.54) is 17.9 Å². The molecule has 1 aromatic carbocycles. The molecule has 0 bridgehead atoms. The SMILES string of the molecule is Cc1ccc(F)c([C@@H](C(F)F)N2CCNCC2)c1F.Cl.Cl. The summed E-state index contributed by atoms with van der Waals surface area (Å²) in [6.45, 7) is 3.22. The molecule has 8 heteroatoms. The molecule has 1 aliphatic rings. The monoisotopic (exact) mass is 348 g/mol. The van der Waals surface area contributed by atoms with Gasteiger partial charge in [0, 0.05) is 31.7 Å². The normalized spacial score (nSPS) is 17.0. The largest absolute Gasteiger partial charge is 0.314 e. The summed E-state index contributed by atoms with van der Waals surface area (Å²) in [5.41, 5.74) is -0.339. The van der Waals surface area contributed by atoms with Crippen LogP contribution in [-0.2, 0) is 0 Å². The Hall–Kier alpha value is -0.560. The van der Waals surface area contributed by atoms with Crippen LogP contribution in [0.15, 0.2) is 12.1 Å². The molecule has 0 saturated carbocycles. The summed E-state index contributed by atoms with van der Waals surface area (Å²) in [4.78, 5) is 1.43. The van der Waals surface area contributed by atoms with Crippen LogP contribution in [0.4, 0.5) is 17.6 Å². The fourth-order valence-corrected chi connectivity index (χ4v) is 2.38. The molecule has 0 amide bonds. The minimum atomic E-state index is -2.83. The number of rotatable bonds is 3. The Morgan fingerprint density at radius 1 is 1.10 bits per heavy atom. The van der Waals surface area contributed by atoms with Gasteiger partial charge in [-0.25, -0.2) is 17.6 Å². The predicted molar refractivity (Wildman–Crippen MR) is 78.8 cm³/mol. The summed E-state index contributed by atoms with van der Waals surface area (Å²) in [7, 11) is 0. The molecule has 1 fully saturated rings. The average molecular weight is 349 g/mol. The second-order valence-electron chi connectivity index (χ2n) is 4.66. The second kappa shape index (κ2) is 8.78. The van der Waals surface area contributed by atoms with E-state index in [0.29, 0.717) is 26.2 Å². The Morgan fingerprint density at radius 3 is 2.19 bits per heavy atom. The molecule has 1 aliphatic heterocycles. The Kier molecular flexibility index (Phi) is 8.54. The molecule has 1 N–H and O–H groups in total. The van der Waals surface area contributed by atoms with Gasteiger partial charge in [0.1, 0.15) is 17.7 Å². The van der Waals surface area contributed by atoms with Gasteiger partial charge in [0.25, 0.3) is 6.43 Å². The van der Waals surface area contributed by atoms with Crippen molar-refractivity contribution < 1.29 is 17.6 Å². The van der Waals surface area contributed by atoms with Crippen LogP contribution in [0.3, 0.4) is 0 Å². The van der Waals surface area contributed by atoms with E-state index in [-0.39, 0.29) is 30.4 Å². The van der Waals surface area contributed by atoms with Gasteiger partial charge in [-0.1, -0.05) is 6.07 Å². The summed E-state index contributed by atoms with van der Waals surface area (Å²) in [6, 6.07) is 0.779. The van der Waals surface area contributed by atoms with Crippen molar-refractivity contribution in [1.82, 2.24) is 10.2 Å². The number of benzene rings is 1. The summed E-state index contributed by atoms with van der Waals surface area (Å²) in [5.74, 6) is -1.78. The van der Waals surface area contributed by atoms with Crippen LogP contribution in [0.5, 0.6) is 0 Å². The summed E-state index contributed by atoms with van der Waals surface area (Å²) < 4.78 is 54.3. The highest BCUT2D eigenvalue weighted by Crippen LogP contribution is 2.32. The second-order valence-corrected chi connectivity index (χ2v) is 4.66. The van der Waals surface area contributed by atoms with Crippen molar-refractivity contribution in [2.75, 3.05) is 26.2 Å². The van der Waals surface area contributed by atoms with Gasteiger partial charge < -0.3 is 5.32 Å². The molecule has 0 radical (unpaired) electrons. The third kappa shape index (κ3) is 4.45. The zero-order chi connectivity index (χ0) is 14.0. The van der Waals surface area contributed by atoms with Crippen molar-refractivity contribution >= 4 is 24.8 Å². The maximum atomic E-state index is 14.0. The lowest BCUT2D eigenvalue weighted by Crippen LogP contribution is -2.47. The smallest absolute Gasteiger partial charge is 0.258 e. The third-order valence-corrected chi connectivity index (χ3v) is 3.40. The molecule has 0 unspecified atom stereocenters. The zero-order valence-electron chi connectivity index (χ0n) is 11.4. The van der Waals surface area contributed by atoms with Crippen molar-refractivity contribution in [3.05, 3.63) is 34.9 Å². The van der Waals surface area contributed by atoms with Gasteiger partial charge in [0.15, 0.2) is 0 Å². The van der Waals surface area contributed by atoms with Crippen molar-refractivity contribution in [2.45, 2.75) is 19.4 Å². The van der Waals surface area contributed by atoms with E-state index in [4.69, 9.17) is 0 Å². The number of hydrogen-bond donors (Lipinski definition) is 1. The van der Waals surface area contributed by atoms with E-state index >= 15 is 0 Å². The van der Waals surface area contributed by atoms with Crippen LogP contribution >= 0.6 is 24.8 Å². The van der Waals surface area contributed by atoms with Crippen LogP contribution in [-0.4, -0.2) is 37.5 Å². The van der Waals surface area contributed by atoms with Gasteiger partial charge in [0.2, 0.25) is 0 Å². The predicted octanol–water partition coefficient (Wildman–Crippen LogP) is 3.33. The Labute approximate surface area is 133 Å². The number of hydrogen-bond acceptors (Lipinski definition) is 2. The van der Waals surface area contributed by atoms with Crippen molar-refractivity contribution in [3.63, 3.8) is 0 Å². The highest BCUT2D eigenvalue weighted by Gasteiger charge is 2.34.